The van der Waals surface area contributed by atoms with Gasteiger partial charge in [-0.15, -0.1) is 0 Å². The summed E-state index contributed by atoms with van der Waals surface area (Å²) < 4.78 is 31.5. The van der Waals surface area contributed by atoms with E-state index in [0.29, 0.717) is 40.0 Å². The Balaban J connectivity index is 2.28. The molecule has 2 amide bonds. The third-order valence-electron chi connectivity index (χ3n) is 5.95. The van der Waals surface area contributed by atoms with Gasteiger partial charge in [0.15, 0.2) is 0 Å². The highest BCUT2D eigenvalue weighted by Gasteiger charge is 2.30. The Morgan fingerprint density at radius 2 is 1.71 bits per heavy atom. The molecule has 1 atom stereocenters. The number of carbonyl (C=O) groups is 2. The standard InChI is InChI=1S/C27H37Cl2N3O5S/c1-6-25(27(34)30-17-19(2)3)31(18-22-23(28)12-8-13-24(22)29)26(33)14-9-15-32(38(5,35)36)20-10-7-11-21(16-20)37-4/h7-8,10-13,16,19,25H,6,9,14-15,17-18H2,1-5H3,(H,30,34). The summed E-state index contributed by atoms with van der Waals surface area (Å²) in [5.41, 5.74) is 0.993. The minimum atomic E-state index is -3.62. The maximum Gasteiger partial charge on any atom is 0.242 e. The fourth-order valence-electron chi connectivity index (χ4n) is 3.97. The highest BCUT2D eigenvalue weighted by molar-refractivity contribution is 7.92. The molecule has 2 rings (SSSR count). The molecule has 8 nitrogen and oxygen atoms in total. The number of carbonyl (C=O) groups excluding carboxylic acids is 2. The van der Waals surface area contributed by atoms with E-state index < -0.39 is 16.1 Å². The number of nitrogens with zero attached hydrogens (tertiary/aromatic N) is 2. The number of amides is 2. The summed E-state index contributed by atoms with van der Waals surface area (Å²) in [7, 11) is -2.11. The van der Waals surface area contributed by atoms with E-state index in [1.807, 2.05) is 20.8 Å². The van der Waals surface area contributed by atoms with E-state index in [1.54, 1.807) is 42.5 Å². The van der Waals surface area contributed by atoms with Crippen molar-refractivity contribution in [1.82, 2.24) is 10.2 Å². The molecule has 0 heterocycles. The molecule has 0 aliphatic heterocycles. The number of hydrogen-bond donors (Lipinski definition) is 1. The number of rotatable bonds is 14. The Morgan fingerprint density at radius 3 is 2.26 bits per heavy atom. The number of benzene rings is 2. The maximum atomic E-state index is 13.6. The molecular weight excluding hydrogens is 549 g/mol. The van der Waals surface area contributed by atoms with E-state index in [4.69, 9.17) is 27.9 Å². The number of ether oxygens (including phenoxy) is 1. The van der Waals surface area contributed by atoms with Crippen LogP contribution in [0.25, 0.3) is 0 Å². The van der Waals surface area contributed by atoms with E-state index in [2.05, 4.69) is 5.32 Å². The fourth-order valence-corrected chi connectivity index (χ4v) is 5.44. The van der Waals surface area contributed by atoms with Gasteiger partial charge in [0, 0.05) is 47.7 Å². The van der Waals surface area contributed by atoms with Gasteiger partial charge in [0.2, 0.25) is 21.8 Å². The van der Waals surface area contributed by atoms with Crippen LogP contribution in [0.15, 0.2) is 42.5 Å². The molecule has 11 heteroatoms. The summed E-state index contributed by atoms with van der Waals surface area (Å²) in [6.45, 7) is 6.43. The van der Waals surface area contributed by atoms with Gasteiger partial charge in [-0.05, 0) is 43.0 Å². The van der Waals surface area contributed by atoms with Crippen LogP contribution < -0.4 is 14.4 Å². The minimum Gasteiger partial charge on any atom is -0.497 e. The number of nitrogens with one attached hydrogen (secondary N) is 1. The number of methoxy groups -OCH3 is 1. The molecule has 0 aliphatic carbocycles. The lowest BCUT2D eigenvalue weighted by molar-refractivity contribution is -0.141. The van der Waals surface area contributed by atoms with Gasteiger partial charge >= 0.3 is 0 Å². The highest BCUT2D eigenvalue weighted by Crippen LogP contribution is 2.28. The molecule has 0 spiro atoms. The van der Waals surface area contributed by atoms with Crippen LogP contribution in [0.4, 0.5) is 5.69 Å². The first kappa shape index (κ1) is 31.7. The molecule has 0 aromatic heterocycles. The van der Waals surface area contributed by atoms with Crippen molar-refractivity contribution in [3.63, 3.8) is 0 Å². The van der Waals surface area contributed by atoms with Gasteiger partial charge in [-0.3, -0.25) is 13.9 Å². The average molecular weight is 587 g/mol. The molecule has 0 radical (unpaired) electrons. The number of anilines is 1. The molecule has 0 saturated heterocycles. The fraction of sp³-hybridized carbons (Fsp3) is 0.481. The van der Waals surface area contributed by atoms with Crippen molar-refractivity contribution < 1.29 is 22.7 Å². The lowest BCUT2D eigenvalue weighted by atomic mass is 10.1. The molecule has 1 unspecified atom stereocenters. The van der Waals surface area contributed by atoms with Crippen LogP contribution in [0, 0.1) is 5.92 Å². The van der Waals surface area contributed by atoms with Crippen LogP contribution in [0.5, 0.6) is 5.75 Å². The summed E-state index contributed by atoms with van der Waals surface area (Å²) in [6, 6.07) is 11.1. The second-order valence-corrected chi connectivity index (χ2v) is 12.1. The Bertz CT molecular complexity index is 1190. The average Bonchev–Trinajstić information content (AvgIpc) is 2.86. The maximum absolute atomic E-state index is 13.6. The van der Waals surface area contributed by atoms with E-state index >= 15 is 0 Å². The first-order valence-corrected chi connectivity index (χ1v) is 15.1. The van der Waals surface area contributed by atoms with Gasteiger partial charge in [-0.1, -0.05) is 56.1 Å². The first-order valence-electron chi connectivity index (χ1n) is 12.5. The molecule has 38 heavy (non-hydrogen) atoms. The van der Waals surface area contributed by atoms with Crippen LogP contribution in [-0.2, 0) is 26.2 Å². The zero-order valence-corrected chi connectivity index (χ0v) is 24.9. The molecule has 0 bridgehead atoms. The Labute approximate surface area is 236 Å². The van der Waals surface area contributed by atoms with Gasteiger partial charge in [0.1, 0.15) is 11.8 Å². The Kier molecular flexibility index (Phi) is 12.2. The van der Waals surface area contributed by atoms with E-state index in [1.165, 1.54) is 16.3 Å². The smallest absolute Gasteiger partial charge is 0.242 e. The highest BCUT2D eigenvalue weighted by atomic mass is 35.5. The monoisotopic (exact) mass is 585 g/mol. The summed E-state index contributed by atoms with van der Waals surface area (Å²) in [6.07, 6.45) is 1.76. The number of sulfonamides is 1. The van der Waals surface area contributed by atoms with Crippen LogP contribution in [0.2, 0.25) is 10.0 Å². The third-order valence-corrected chi connectivity index (χ3v) is 7.86. The van der Waals surface area contributed by atoms with Crippen LogP contribution >= 0.6 is 23.2 Å². The molecule has 2 aromatic carbocycles. The number of halogens is 2. The van der Waals surface area contributed by atoms with Crippen molar-refractivity contribution in [2.75, 3.05) is 30.8 Å². The van der Waals surface area contributed by atoms with Crippen molar-refractivity contribution in [3.05, 3.63) is 58.1 Å². The van der Waals surface area contributed by atoms with Crippen molar-refractivity contribution in [2.24, 2.45) is 5.92 Å². The molecule has 0 fully saturated rings. The second kappa shape index (κ2) is 14.6. The molecule has 0 aliphatic rings. The van der Waals surface area contributed by atoms with Crippen LogP contribution in [-0.4, -0.2) is 57.6 Å². The SMILES string of the molecule is CCC(C(=O)NCC(C)C)N(Cc1c(Cl)cccc1Cl)C(=O)CCCN(c1cccc(OC)c1)S(C)(=O)=O. The molecule has 1 N–H and O–H groups in total. The van der Waals surface area contributed by atoms with E-state index in [9.17, 15) is 18.0 Å². The van der Waals surface area contributed by atoms with Crippen molar-refractivity contribution in [1.29, 1.82) is 0 Å². The largest absolute Gasteiger partial charge is 0.497 e. The van der Waals surface area contributed by atoms with Crippen molar-refractivity contribution in [3.8, 4) is 5.75 Å². The summed E-state index contributed by atoms with van der Waals surface area (Å²) in [5, 5.41) is 3.71. The van der Waals surface area contributed by atoms with Crippen molar-refractivity contribution in [2.45, 2.75) is 52.6 Å². The zero-order valence-electron chi connectivity index (χ0n) is 22.5. The Hall–Kier alpha value is -2.49. The molecule has 2 aromatic rings. The molecular formula is C27H37Cl2N3O5S. The van der Waals surface area contributed by atoms with Gasteiger partial charge in [-0.25, -0.2) is 8.42 Å². The van der Waals surface area contributed by atoms with Gasteiger partial charge in [0.25, 0.3) is 0 Å². The molecule has 0 saturated carbocycles. The lowest BCUT2D eigenvalue weighted by Gasteiger charge is -2.32. The van der Waals surface area contributed by atoms with Gasteiger partial charge < -0.3 is 15.0 Å². The lowest BCUT2D eigenvalue weighted by Crippen LogP contribution is -2.49. The summed E-state index contributed by atoms with van der Waals surface area (Å²) >= 11 is 12.8. The third kappa shape index (κ3) is 9.06. The number of hydrogen-bond acceptors (Lipinski definition) is 5. The Morgan fingerprint density at radius 1 is 1.08 bits per heavy atom. The summed E-state index contributed by atoms with van der Waals surface area (Å²) in [5.74, 6) is 0.212. The second-order valence-electron chi connectivity index (χ2n) is 9.43. The summed E-state index contributed by atoms with van der Waals surface area (Å²) in [4.78, 5) is 28.1. The van der Waals surface area contributed by atoms with E-state index in [-0.39, 0.29) is 43.7 Å². The first-order chi connectivity index (χ1) is 17.9. The minimum absolute atomic E-state index is 0.0199. The predicted octanol–water partition coefficient (Wildman–Crippen LogP) is 5.13. The predicted molar refractivity (Wildman–Crippen MR) is 153 cm³/mol. The van der Waals surface area contributed by atoms with E-state index in [0.717, 1.165) is 6.26 Å². The van der Waals surface area contributed by atoms with Crippen LogP contribution in [0.3, 0.4) is 0 Å². The van der Waals surface area contributed by atoms with Gasteiger partial charge in [-0.2, -0.15) is 0 Å². The molecule has 210 valence electrons. The van der Waals surface area contributed by atoms with Crippen LogP contribution in [0.1, 0.15) is 45.6 Å². The zero-order chi connectivity index (χ0) is 28.5. The van der Waals surface area contributed by atoms with Gasteiger partial charge in [0.05, 0.1) is 19.1 Å². The normalized spacial score (nSPS) is 12.2. The van der Waals surface area contributed by atoms with Crippen molar-refractivity contribution >= 4 is 50.7 Å². The topological polar surface area (TPSA) is 96.0 Å². The quantitative estimate of drug-likeness (QED) is 0.331.